The Bertz CT molecular complexity index is 1430. The molecule has 0 unspecified atom stereocenters. The fraction of sp³-hybridized carbons (Fsp3) is 0.375. The number of sulfonamides is 1. The minimum atomic E-state index is -4.20. The molecule has 3 aromatic rings. The molecule has 0 bridgehead atoms. The van der Waals surface area contributed by atoms with Crippen molar-refractivity contribution in [1.82, 2.24) is 10.2 Å². The summed E-state index contributed by atoms with van der Waals surface area (Å²) in [6.07, 6.45) is 1.09. The zero-order valence-electron chi connectivity index (χ0n) is 25.0. The molecule has 0 aliphatic heterocycles. The van der Waals surface area contributed by atoms with Crippen molar-refractivity contribution >= 4 is 27.5 Å². The number of nitrogens with zero attached hydrogens (tertiary/aromatic N) is 2. The molecule has 0 spiro atoms. The van der Waals surface area contributed by atoms with Crippen molar-refractivity contribution in [2.45, 2.75) is 58.0 Å². The van der Waals surface area contributed by atoms with Crippen molar-refractivity contribution in [3.63, 3.8) is 0 Å². The van der Waals surface area contributed by atoms with Gasteiger partial charge >= 0.3 is 0 Å². The van der Waals surface area contributed by atoms with Crippen LogP contribution in [0.15, 0.2) is 77.7 Å². The van der Waals surface area contributed by atoms with Crippen LogP contribution in [0.3, 0.4) is 0 Å². The molecule has 0 radical (unpaired) electrons. The van der Waals surface area contributed by atoms with E-state index in [0.29, 0.717) is 31.1 Å². The summed E-state index contributed by atoms with van der Waals surface area (Å²) in [7, 11) is -2.63. The molecule has 226 valence electrons. The number of carbonyl (C=O) groups excluding carboxylic acids is 2. The van der Waals surface area contributed by atoms with E-state index in [-0.39, 0.29) is 23.0 Å². The maximum Gasteiger partial charge on any atom is 0.264 e. The Morgan fingerprint density at radius 2 is 1.60 bits per heavy atom. The largest absolute Gasteiger partial charge is 0.497 e. The minimum Gasteiger partial charge on any atom is -0.497 e. The Hall–Kier alpha value is -4.05. The second-order valence-electron chi connectivity index (χ2n) is 9.81. The van der Waals surface area contributed by atoms with Gasteiger partial charge in [-0.25, -0.2) is 8.42 Å². The van der Waals surface area contributed by atoms with Crippen LogP contribution >= 0.6 is 0 Å². The Balaban J connectivity index is 2.09. The van der Waals surface area contributed by atoms with Gasteiger partial charge in [-0.2, -0.15) is 0 Å². The second-order valence-corrected chi connectivity index (χ2v) is 11.7. The average Bonchev–Trinajstić information content (AvgIpc) is 2.99. The third kappa shape index (κ3) is 8.03. The number of para-hydroxylation sites is 2. The lowest BCUT2D eigenvalue weighted by molar-refractivity contribution is -0.140. The monoisotopic (exact) mass is 595 g/mol. The first-order valence-corrected chi connectivity index (χ1v) is 15.6. The molecular weight excluding hydrogens is 554 g/mol. The first kappa shape index (κ1) is 32.5. The molecule has 1 atom stereocenters. The zero-order chi connectivity index (χ0) is 30.7. The minimum absolute atomic E-state index is 0.0432. The quantitative estimate of drug-likeness (QED) is 0.267. The van der Waals surface area contributed by atoms with Crippen LogP contribution in [0.4, 0.5) is 5.69 Å². The van der Waals surface area contributed by atoms with Gasteiger partial charge in [0.1, 0.15) is 24.1 Å². The Labute approximate surface area is 249 Å². The van der Waals surface area contributed by atoms with Crippen LogP contribution in [0, 0.1) is 6.92 Å². The first-order valence-electron chi connectivity index (χ1n) is 14.2. The molecule has 0 heterocycles. The molecular formula is C32H41N3O6S. The van der Waals surface area contributed by atoms with Gasteiger partial charge in [-0.1, -0.05) is 55.8 Å². The van der Waals surface area contributed by atoms with Crippen LogP contribution in [-0.4, -0.2) is 58.0 Å². The van der Waals surface area contributed by atoms with E-state index in [0.717, 1.165) is 21.9 Å². The van der Waals surface area contributed by atoms with Crippen molar-refractivity contribution in [3.8, 4) is 11.5 Å². The van der Waals surface area contributed by atoms with Crippen molar-refractivity contribution in [2.75, 3.05) is 31.1 Å². The van der Waals surface area contributed by atoms with Crippen LogP contribution < -0.4 is 19.1 Å². The number of methoxy groups -OCH3 is 1. The van der Waals surface area contributed by atoms with Gasteiger partial charge in [0.05, 0.1) is 24.3 Å². The number of hydrogen-bond donors (Lipinski definition) is 1. The molecule has 42 heavy (non-hydrogen) atoms. The number of nitrogens with one attached hydrogen (secondary N) is 1. The number of ether oxygens (including phenoxy) is 2. The lowest BCUT2D eigenvalue weighted by Gasteiger charge is -2.33. The highest BCUT2D eigenvalue weighted by atomic mass is 32.2. The Morgan fingerprint density at radius 1 is 0.929 bits per heavy atom. The average molecular weight is 596 g/mol. The number of aryl methyl sites for hydroxylation is 1. The van der Waals surface area contributed by atoms with Crippen molar-refractivity contribution < 1.29 is 27.5 Å². The summed E-state index contributed by atoms with van der Waals surface area (Å²) in [5.41, 5.74) is 1.91. The number of amides is 2. The van der Waals surface area contributed by atoms with Crippen molar-refractivity contribution in [2.24, 2.45) is 0 Å². The van der Waals surface area contributed by atoms with Crippen molar-refractivity contribution in [3.05, 3.63) is 83.9 Å². The maximum absolute atomic E-state index is 14.2. The van der Waals surface area contributed by atoms with E-state index in [2.05, 4.69) is 5.32 Å². The molecule has 0 saturated heterocycles. The van der Waals surface area contributed by atoms with E-state index >= 15 is 0 Å². The van der Waals surface area contributed by atoms with E-state index in [1.165, 1.54) is 17.0 Å². The van der Waals surface area contributed by atoms with E-state index in [9.17, 15) is 18.0 Å². The summed E-state index contributed by atoms with van der Waals surface area (Å²) >= 11 is 0. The number of benzene rings is 3. The van der Waals surface area contributed by atoms with Gasteiger partial charge in [0.2, 0.25) is 11.8 Å². The fourth-order valence-electron chi connectivity index (χ4n) is 4.50. The molecule has 3 aromatic carbocycles. The van der Waals surface area contributed by atoms with Crippen LogP contribution in [0.25, 0.3) is 0 Å². The molecule has 3 rings (SSSR count). The highest BCUT2D eigenvalue weighted by Gasteiger charge is 2.34. The highest BCUT2D eigenvalue weighted by molar-refractivity contribution is 7.92. The number of anilines is 1. The summed E-state index contributed by atoms with van der Waals surface area (Å²) in [5, 5.41) is 2.89. The van der Waals surface area contributed by atoms with Gasteiger partial charge in [-0.15, -0.1) is 0 Å². The van der Waals surface area contributed by atoms with Gasteiger partial charge in [-0.05, 0) is 68.7 Å². The van der Waals surface area contributed by atoms with Crippen LogP contribution in [0.5, 0.6) is 11.5 Å². The standard InChI is InChI=1S/C32H41N3O6S/c1-6-21-33-32(37)28(7-2)34(22-25-15-17-26(40-5)18-16-25)31(36)23-35(29-11-9-10-12-30(29)41-8-3)42(38,39)27-19-13-24(4)14-20-27/h9-20,28H,6-8,21-23H2,1-5H3,(H,33,37)/t28-/m1/s1. The maximum atomic E-state index is 14.2. The Morgan fingerprint density at radius 3 is 2.19 bits per heavy atom. The predicted octanol–water partition coefficient (Wildman–Crippen LogP) is 4.93. The van der Waals surface area contributed by atoms with Gasteiger partial charge < -0.3 is 19.7 Å². The zero-order valence-corrected chi connectivity index (χ0v) is 25.8. The normalized spacial score (nSPS) is 11.8. The van der Waals surface area contributed by atoms with Crippen LogP contribution in [0.2, 0.25) is 0 Å². The van der Waals surface area contributed by atoms with E-state index in [4.69, 9.17) is 9.47 Å². The third-order valence-electron chi connectivity index (χ3n) is 6.77. The van der Waals surface area contributed by atoms with Crippen molar-refractivity contribution in [1.29, 1.82) is 0 Å². The molecule has 10 heteroatoms. The van der Waals surface area contributed by atoms with Crippen LogP contribution in [0.1, 0.15) is 44.7 Å². The molecule has 0 aliphatic rings. The lowest BCUT2D eigenvalue weighted by Crippen LogP contribution is -2.52. The summed E-state index contributed by atoms with van der Waals surface area (Å²) in [6.45, 7) is 7.80. The van der Waals surface area contributed by atoms with Gasteiger partial charge in [0.25, 0.3) is 10.0 Å². The number of carbonyl (C=O) groups is 2. The molecule has 9 nitrogen and oxygen atoms in total. The molecule has 0 aromatic heterocycles. The van der Waals surface area contributed by atoms with Gasteiger partial charge in [-0.3, -0.25) is 13.9 Å². The lowest BCUT2D eigenvalue weighted by atomic mass is 10.1. The second kappa shape index (κ2) is 15.3. The smallest absolute Gasteiger partial charge is 0.264 e. The topological polar surface area (TPSA) is 105 Å². The van der Waals surface area contributed by atoms with E-state index in [1.54, 1.807) is 62.6 Å². The Kier molecular flexibility index (Phi) is 11.8. The summed E-state index contributed by atoms with van der Waals surface area (Å²) in [6, 6.07) is 19.6. The van der Waals surface area contributed by atoms with E-state index in [1.807, 2.05) is 32.9 Å². The molecule has 0 aliphatic carbocycles. The summed E-state index contributed by atoms with van der Waals surface area (Å²) in [5.74, 6) is 0.181. The van der Waals surface area contributed by atoms with E-state index < -0.39 is 28.5 Å². The number of hydrogen-bond acceptors (Lipinski definition) is 6. The third-order valence-corrected chi connectivity index (χ3v) is 8.54. The molecule has 0 fully saturated rings. The predicted molar refractivity (Wildman–Crippen MR) is 164 cm³/mol. The summed E-state index contributed by atoms with van der Waals surface area (Å²) < 4.78 is 40.3. The van der Waals surface area contributed by atoms with Gasteiger partial charge in [0.15, 0.2) is 0 Å². The first-order chi connectivity index (χ1) is 20.2. The van der Waals surface area contributed by atoms with Gasteiger partial charge in [0, 0.05) is 13.1 Å². The summed E-state index contributed by atoms with van der Waals surface area (Å²) in [4.78, 5) is 28.9. The molecule has 0 saturated carbocycles. The fourth-order valence-corrected chi connectivity index (χ4v) is 5.93. The SMILES string of the molecule is CCCNC(=O)[C@@H](CC)N(Cc1ccc(OC)cc1)C(=O)CN(c1ccccc1OCC)S(=O)(=O)c1ccc(C)cc1. The molecule has 1 N–H and O–H groups in total. The highest BCUT2D eigenvalue weighted by Crippen LogP contribution is 2.33. The molecule has 2 amide bonds. The number of rotatable bonds is 15. The van der Waals surface area contributed by atoms with Crippen LogP contribution in [-0.2, 0) is 26.2 Å².